The molecule has 94 valence electrons. The van der Waals surface area contributed by atoms with E-state index in [1.807, 2.05) is 30.3 Å². The topological polar surface area (TPSA) is 35.2 Å². The number of nitrogens with two attached hydrogens (primary N) is 1. The molecular weight excluding hydrogens is 242 g/mol. The summed E-state index contributed by atoms with van der Waals surface area (Å²) in [5.74, 6) is 0.656. The highest BCUT2D eigenvalue weighted by Gasteiger charge is 1.96. The van der Waals surface area contributed by atoms with Gasteiger partial charge in [-0.15, -0.1) is 0 Å². The fourth-order valence-corrected chi connectivity index (χ4v) is 2.32. The number of hydrogen-bond acceptors (Lipinski definition) is 3. The van der Waals surface area contributed by atoms with Crippen molar-refractivity contribution in [2.75, 3.05) is 5.94 Å². The molecular formula is C15H17NOS. The number of thioether (sulfide) groups is 1. The van der Waals surface area contributed by atoms with Crippen molar-refractivity contribution in [1.82, 2.24) is 0 Å². The van der Waals surface area contributed by atoms with Crippen LogP contribution in [0.25, 0.3) is 0 Å². The van der Waals surface area contributed by atoms with Gasteiger partial charge >= 0.3 is 0 Å². The summed E-state index contributed by atoms with van der Waals surface area (Å²) in [6, 6.07) is 18.5. The lowest BCUT2D eigenvalue weighted by molar-refractivity contribution is 0.169. The molecule has 0 radical (unpaired) electrons. The molecule has 0 aromatic heterocycles. The summed E-state index contributed by atoms with van der Waals surface area (Å²) in [4.78, 5) is 1.20. The standard InChI is InChI=1S/C15H17NOS/c16-10-14-7-4-8-15(9-14)18-12-17-11-13-5-2-1-3-6-13/h1-9H,10-12,16H2. The normalized spacial score (nSPS) is 10.5. The SMILES string of the molecule is NCc1cccc(SCOCc2ccccc2)c1. The Labute approximate surface area is 112 Å². The molecule has 0 heterocycles. The molecule has 0 atom stereocenters. The van der Waals surface area contributed by atoms with Gasteiger partial charge < -0.3 is 10.5 Å². The van der Waals surface area contributed by atoms with Gasteiger partial charge in [0.25, 0.3) is 0 Å². The van der Waals surface area contributed by atoms with Gasteiger partial charge in [0.05, 0.1) is 12.5 Å². The molecule has 2 N–H and O–H groups in total. The first-order valence-electron chi connectivity index (χ1n) is 5.92. The lowest BCUT2D eigenvalue weighted by Crippen LogP contribution is -1.96. The van der Waals surface area contributed by atoms with Crippen LogP contribution in [0.5, 0.6) is 0 Å². The molecule has 3 heteroatoms. The lowest BCUT2D eigenvalue weighted by Gasteiger charge is -2.05. The molecule has 0 amide bonds. The average Bonchev–Trinajstić information content (AvgIpc) is 2.45. The molecule has 0 aliphatic heterocycles. The van der Waals surface area contributed by atoms with Gasteiger partial charge in [-0.3, -0.25) is 0 Å². The summed E-state index contributed by atoms with van der Waals surface area (Å²) in [7, 11) is 0. The lowest BCUT2D eigenvalue weighted by atomic mass is 10.2. The minimum atomic E-state index is 0.583. The predicted molar refractivity (Wildman–Crippen MR) is 76.3 cm³/mol. The summed E-state index contributed by atoms with van der Waals surface area (Å²) in [6.45, 7) is 1.24. The summed E-state index contributed by atoms with van der Waals surface area (Å²) < 4.78 is 5.63. The molecule has 0 saturated heterocycles. The minimum Gasteiger partial charge on any atom is -0.366 e. The third-order valence-corrected chi connectivity index (χ3v) is 3.43. The molecule has 2 nitrogen and oxygen atoms in total. The summed E-state index contributed by atoms with van der Waals surface area (Å²) >= 11 is 1.69. The van der Waals surface area contributed by atoms with Crippen LogP contribution in [0, 0.1) is 0 Å². The van der Waals surface area contributed by atoms with Crippen LogP contribution in [0.4, 0.5) is 0 Å². The van der Waals surface area contributed by atoms with Crippen LogP contribution in [-0.2, 0) is 17.9 Å². The zero-order chi connectivity index (χ0) is 12.6. The zero-order valence-electron chi connectivity index (χ0n) is 10.2. The number of rotatable bonds is 6. The van der Waals surface area contributed by atoms with E-state index in [0.717, 1.165) is 5.56 Å². The van der Waals surface area contributed by atoms with Gasteiger partial charge in [0.15, 0.2) is 0 Å². The highest BCUT2D eigenvalue weighted by molar-refractivity contribution is 7.99. The first-order chi connectivity index (χ1) is 8.88. The number of ether oxygens (including phenoxy) is 1. The fourth-order valence-electron chi connectivity index (χ4n) is 1.61. The molecule has 2 aromatic carbocycles. The maximum atomic E-state index is 5.63. The van der Waals surface area contributed by atoms with Gasteiger partial charge in [0.1, 0.15) is 0 Å². The van der Waals surface area contributed by atoms with Crippen LogP contribution < -0.4 is 5.73 Å². The van der Waals surface area contributed by atoms with E-state index < -0.39 is 0 Å². The third kappa shape index (κ3) is 4.18. The zero-order valence-corrected chi connectivity index (χ0v) is 11.0. The highest BCUT2D eigenvalue weighted by atomic mass is 32.2. The van der Waals surface area contributed by atoms with Crippen molar-refractivity contribution in [3.8, 4) is 0 Å². The number of benzene rings is 2. The van der Waals surface area contributed by atoms with E-state index >= 15 is 0 Å². The predicted octanol–water partition coefficient (Wildman–Crippen LogP) is 3.41. The Morgan fingerprint density at radius 3 is 2.50 bits per heavy atom. The van der Waals surface area contributed by atoms with Gasteiger partial charge in [-0.2, -0.15) is 0 Å². The van der Waals surface area contributed by atoms with Crippen molar-refractivity contribution in [1.29, 1.82) is 0 Å². The second kappa shape index (κ2) is 7.21. The average molecular weight is 259 g/mol. The molecule has 0 spiro atoms. The van der Waals surface area contributed by atoms with E-state index in [4.69, 9.17) is 10.5 Å². The maximum absolute atomic E-state index is 5.63. The largest absolute Gasteiger partial charge is 0.366 e. The first kappa shape index (κ1) is 13.1. The van der Waals surface area contributed by atoms with E-state index in [1.165, 1.54) is 10.5 Å². The summed E-state index contributed by atoms with van der Waals surface area (Å²) in [6.07, 6.45) is 0. The van der Waals surface area contributed by atoms with E-state index in [2.05, 4.69) is 24.3 Å². The van der Waals surface area contributed by atoms with Crippen molar-refractivity contribution in [3.63, 3.8) is 0 Å². The Morgan fingerprint density at radius 1 is 0.944 bits per heavy atom. The van der Waals surface area contributed by atoms with Crippen LogP contribution in [-0.4, -0.2) is 5.94 Å². The van der Waals surface area contributed by atoms with Crippen LogP contribution in [0.15, 0.2) is 59.5 Å². The van der Waals surface area contributed by atoms with Crippen molar-refractivity contribution in [2.45, 2.75) is 18.0 Å². The van der Waals surface area contributed by atoms with Crippen LogP contribution >= 0.6 is 11.8 Å². The monoisotopic (exact) mass is 259 g/mol. The quantitative estimate of drug-likeness (QED) is 0.490. The molecule has 18 heavy (non-hydrogen) atoms. The summed E-state index contributed by atoms with van der Waals surface area (Å²) in [5, 5.41) is 0. The molecule has 2 aromatic rings. The van der Waals surface area contributed by atoms with Crippen molar-refractivity contribution in [2.24, 2.45) is 5.73 Å². The van der Waals surface area contributed by atoms with Crippen LogP contribution in [0.1, 0.15) is 11.1 Å². The van der Waals surface area contributed by atoms with Crippen molar-refractivity contribution >= 4 is 11.8 Å². The van der Waals surface area contributed by atoms with Gasteiger partial charge in [-0.1, -0.05) is 54.2 Å². The molecule has 0 unspecified atom stereocenters. The smallest absolute Gasteiger partial charge is 0.0971 e. The first-order valence-corrected chi connectivity index (χ1v) is 6.90. The second-order valence-corrected chi connectivity index (χ2v) is 4.94. The van der Waals surface area contributed by atoms with E-state index in [1.54, 1.807) is 11.8 Å². The van der Waals surface area contributed by atoms with Crippen LogP contribution in [0.3, 0.4) is 0 Å². The van der Waals surface area contributed by atoms with Crippen molar-refractivity contribution in [3.05, 3.63) is 65.7 Å². The summed E-state index contributed by atoms with van der Waals surface area (Å²) in [5.41, 5.74) is 7.97. The highest BCUT2D eigenvalue weighted by Crippen LogP contribution is 2.19. The van der Waals surface area contributed by atoms with E-state index in [-0.39, 0.29) is 0 Å². The Balaban J connectivity index is 1.75. The molecule has 0 aliphatic rings. The Morgan fingerprint density at radius 2 is 1.72 bits per heavy atom. The Kier molecular flexibility index (Phi) is 5.27. The van der Waals surface area contributed by atoms with Gasteiger partial charge in [0, 0.05) is 11.4 Å². The Bertz CT molecular complexity index is 473. The minimum absolute atomic E-state index is 0.583. The fraction of sp³-hybridized carbons (Fsp3) is 0.200. The molecule has 0 aliphatic carbocycles. The van der Waals surface area contributed by atoms with Gasteiger partial charge in [-0.25, -0.2) is 0 Å². The van der Waals surface area contributed by atoms with E-state index in [0.29, 0.717) is 19.1 Å². The molecule has 0 bridgehead atoms. The number of hydrogen-bond donors (Lipinski definition) is 1. The maximum Gasteiger partial charge on any atom is 0.0971 e. The van der Waals surface area contributed by atoms with Crippen molar-refractivity contribution < 1.29 is 4.74 Å². The van der Waals surface area contributed by atoms with Gasteiger partial charge in [0.2, 0.25) is 0 Å². The Hall–Kier alpha value is -1.29. The van der Waals surface area contributed by atoms with Gasteiger partial charge in [-0.05, 0) is 23.3 Å². The molecule has 2 rings (SSSR count). The third-order valence-electron chi connectivity index (χ3n) is 2.55. The van der Waals surface area contributed by atoms with E-state index in [9.17, 15) is 0 Å². The molecule has 0 saturated carbocycles. The second-order valence-electron chi connectivity index (χ2n) is 3.95. The molecule has 0 fully saturated rings. The van der Waals surface area contributed by atoms with Crippen LogP contribution in [0.2, 0.25) is 0 Å².